The first-order chi connectivity index (χ1) is 14.2. The molecule has 2 aromatic carbocycles. The van der Waals surface area contributed by atoms with E-state index in [1.807, 2.05) is 6.33 Å². The highest BCUT2D eigenvalue weighted by molar-refractivity contribution is 5.88. The van der Waals surface area contributed by atoms with Gasteiger partial charge in [0.05, 0.1) is 28.4 Å². The number of H-pyrrole nitrogens is 1. The number of fused-ring (bicyclic) bond motifs is 2. The second-order valence-corrected chi connectivity index (χ2v) is 8.44. The lowest BCUT2D eigenvalue weighted by atomic mass is 9.93. The first-order valence-electron chi connectivity index (χ1n) is 10.8. The van der Waals surface area contributed by atoms with Gasteiger partial charge in [-0.1, -0.05) is 12.1 Å². The fourth-order valence-corrected chi connectivity index (χ4v) is 4.73. The lowest BCUT2D eigenvalue weighted by molar-refractivity contribution is 0.340. The normalized spacial score (nSPS) is 15.5. The predicted octanol–water partition coefficient (Wildman–Crippen LogP) is 4.98. The summed E-state index contributed by atoms with van der Waals surface area (Å²) in [4.78, 5) is 13.1. The standard InChI is InChI=1S/C24H29N5/c1-16-5-3-7-20-22(16)28-24(27-20)19-8-9-21-23(17(19)2)26-15-29(21)14-4-6-18-10-12-25-13-11-18/h3,5,7-9,15,18,25H,4,6,10-14H2,1-2H3,(H,27,28). The van der Waals surface area contributed by atoms with Gasteiger partial charge < -0.3 is 14.9 Å². The predicted molar refractivity (Wildman–Crippen MR) is 119 cm³/mol. The van der Waals surface area contributed by atoms with E-state index in [-0.39, 0.29) is 0 Å². The molecule has 1 saturated heterocycles. The van der Waals surface area contributed by atoms with Crippen LogP contribution in [0.25, 0.3) is 33.5 Å². The summed E-state index contributed by atoms with van der Waals surface area (Å²) in [5.74, 6) is 1.81. The molecule has 5 nitrogen and oxygen atoms in total. The molecule has 2 aromatic heterocycles. The Bertz CT molecular complexity index is 1150. The van der Waals surface area contributed by atoms with Crippen molar-refractivity contribution in [2.75, 3.05) is 13.1 Å². The van der Waals surface area contributed by atoms with Gasteiger partial charge in [-0.2, -0.15) is 0 Å². The van der Waals surface area contributed by atoms with Crippen LogP contribution >= 0.6 is 0 Å². The van der Waals surface area contributed by atoms with Crippen LogP contribution in [0.1, 0.15) is 36.8 Å². The van der Waals surface area contributed by atoms with Crippen LogP contribution in [0, 0.1) is 19.8 Å². The van der Waals surface area contributed by atoms with Crippen molar-refractivity contribution in [3.8, 4) is 11.4 Å². The van der Waals surface area contributed by atoms with Crippen LogP contribution in [-0.2, 0) is 6.54 Å². The van der Waals surface area contributed by atoms with Gasteiger partial charge in [0.2, 0.25) is 0 Å². The van der Waals surface area contributed by atoms with Crippen molar-refractivity contribution in [3.05, 3.63) is 47.8 Å². The molecule has 1 fully saturated rings. The number of hydrogen-bond acceptors (Lipinski definition) is 3. The molecule has 0 amide bonds. The van der Waals surface area contributed by atoms with Crippen molar-refractivity contribution in [2.24, 2.45) is 5.92 Å². The molecule has 0 bridgehead atoms. The maximum Gasteiger partial charge on any atom is 0.138 e. The summed E-state index contributed by atoms with van der Waals surface area (Å²) in [5, 5.41) is 3.46. The van der Waals surface area contributed by atoms with Crippen molar-refractivity contribution in [3.63, 3.8) is 0 Å². The Labute approximate surface area is 171 Å². The minimum Gasteiger partial charge on any atom is -0.338 e. The summed E-state index contributed by atoms with van der Waals surface area (Å²) in [5.41, 5.74) is 7.96. The minimum absolute atomic E-state index is 0.885. The molecule has 4 aromatic rings. The van der Waals surface area contributed by atoms with Gasteiger partial charge in [0.25, 0.3) is 0 Å². The molecule has 3 heterocycles. The highest BCUT2D eigenvalue weighted by Crippen LogP contribution is 2.30. The molecular formula is C24H29N5. The third kappa shape index (κ3) is 3.44. The average molecular weight is 388 g/mol. The Balaban J connectivity index is 1.39. The first-order valence-corrected chi connectivity index (χ1v) is 10.8. The zero-order valence-electron chi connectivity index (χ0n) is 17.3. The van der Waals surface area contributed by atoms with Gasteiger partial charge in [-0.05, 0) is 87.9 Å². The van der Waals surface area contributed by atoms with Crippen LogP contribution in [0.2, 0.25) is 0 Å². The topological polar surface area (TPSA) is 58.5 Å². The lowest BCUT2D eigenvalue weighted by Gasteiger charge is -2.22. The molecule has 0 spiro atoms. The third-order valence-corrected chi connectivity index (χ3v) is 6.49. The Morgan fingerprint density at radius 3 is 2.76 bits per heavy atom. The molecule has 0 unspecified atom stereocenters. The van der Waals surface area contributed by atoms with Gasteiger partial charge in [-0.15, -0.1) is 0 Å². The first kappa shape index (κ1) is 18.4. The highest BCUT2D eigenvalue weighted by Gasteiger charge is 2.15. The molecule has 0 saturated carbocycles. The van der Waals surface area contributed by atoms with Gasteiger partial charge in [0.1, 0.15) is 5.82 Å². The Morgan fingerprint density at radius 2 is 1.93 bits per heavy atom. The summed E-state index contributed by atoms with van der Waals surface area (Å²) in [6.45, 7) is 7.67. The fourth-order valence-electron chi connectivity index (χ4n) is 4.73. The number of imidazole rings is 2. The molecule has 5 heteroatoms. The number of aromatic nitrogens is 4. The summed E-state index contributed by atoms with van der Waals surface area (Å²) in [6.07, 6.45) is 7.19. The van der Waals surface area contributed by atoms with E-state index in [0.717, 1.165) is 40.4 Å². The van der Waals surface area contributed by atoms with E-state index in [1.165, 1.54) is 55.4 Å². The van der Waals surface area contributed by atoms with Crippen LogP contribution in [0.4, 0.5) is 0 Å². The van der Waals surface area contributed by atoms with Gasteiger partial charge >= 0.3 is 0 Å². The molecule has 150 valence electrons. The number of aryl methyl sites for hydroxylation is 3. The largest absolute Gasteiger partial charge is 0.338 e. The smallest absolute Gasteiger partial charge is 0.138 e. The molecule has 29 heavy (non-hydrogen) atoms. The van der Waals surface area contributed by atoms with E-state index in [2.05, 4.69) is 59.0 Å². The van der Waals surface area contributed by atoms with Gasteiger partial charge in [0, 0.05) is 12.1 Å². The maximum absolute atomic E-state index is 4.86. The van der Waals surface area contributed by atoms with E-state index < -0.39 is 0 Å². The van der Waals surface area contributed by atoms with Crippen LogP contribution < -0.4 is 5.32 Å². The maximum atomic E-state index is 4.86. The van der Waals surface area contributed by atoms with E-state index in [1.54, 1.807) is 0 Å². The second-order valence-electron chi connectivity index (χ2n) is 8.44. The molecule has 0 radical (unpaired) electrons. The number of hydrogen-bond donors (Lipinski definition) is 2. The summed E-state index contributed by atoms with van der Waals surface area (Å²) < 4.78 is 2.32. The van der Waals surface area contributed by atoms with E-state index in [9.17, 15) is 0 Å². The van der Waals surface area contributed by atoms with Crippen molar-refractivity contribution in [2.45, 2.75) is 46.1 Å². The molecule has 2 N–H and O–H groups in total. The molecule has 5 rings (SSSR count). The number of piperidine rings is 1. The number of rotatable bonds is 5. The van der Waals surface area contributed by atoms with E-state index in [0.29, 0.717) is 0 Å². The van der Waals surface area contributed by atoms with Crippen LogP contribution in [0.15, 0.2) is 36.7 Å². The van der Waals surface area contributed by atoms with Crippen LogP contribution in [-0.4, -0.2) is 32.6 Å². The van der Waals surface area contributed by atoms with Gasteiger partial charge in [-0.3, -0.25) is 0 Å². The Kier molecular flexibility index (Phi) is 4.84. The molecule has 0 aliphatic carbocycles. The van der Waals surface area contributed by atoms with Crippen molar-refractivity contribution in [1.82, 2.24) is 24.8 Å². The Morgan fingerprint density at radius 1 is 1.07 bits per heavy atom. The van der Waals surface area contributed by atoms with E-state index >= 15 is 0 Å². The zero-order chi connectivity index (χ0) is 19.8. The van der Waals surface area contributed by atoms with Crippen molar-refractivity contribution in [1.29, 1.82) is 0 Å². The average Bonchev–Trinajstić information content (AvgIpc) is 3.35. The molecule has 1 aliphatic heterocycles. The fraction of sp³-hybridized carbons (Fsp3) is 0.417. The number of nitrogens with zero attached hydrogens (tertiary/aromatic N) is 3. The molecule has 1 aliphatic rings. The lowest BCUT2D eigenvalue weighted by Crippen LogP contribution is -2.27. The quantitative estimate of drug-likeness (QED) is 0.508. The summed E-state index contributed by atoms with van der Waals surface area (Å²) >= 11 is 0. The third-order valence-electron chi connectivity index (χ3n) is 6.49. The van der Waals surface area contributed by atoms with Crippen molar-refractivity contribution < 1.29 is 0 Å². The number of nitrogens with one attached hydrogen (secondary N) is 2. The highest BCUT2D eigenvalue weighted by atomic mass is 15.0. The monoisotopic (exact) mass is 387 g/mol. The zero-order valence-corrected chi connectivity index (χ0v) is 17.3. The summed E-state index contributed by atoms with van der Waals surface area (Å²) in [6, 6.07) is 10.7. The number of para-hydroxylation sites is 1. The molecule has 0 atom stereocenters. The second kappa shape index (κ2) is 7.64. The van der Waals surface area contributed by atoms with E-state index in [4.69, 9.17) is 9.97 Å². The minimum atomic E-state index is 0.885. The van der Waals surface area contributed by atoms with Gasteiger partial charge in [0.15, 0.2) is 0 Å². The molecular weight excluding hydrogens is 358 g/mol. The van der Waals surface area contributed by atoms with Crippen LogP contribution in [0.5, 0.6) is 0 Å². The van der Waals surface area contributed by atoms with Gasteiger partial charge in [-0.25, -0.2) is 9.97 Å². The van der Waals surface area contributed by atoms with Crippen LogP contribution in [0.3, 0.4) is 0 Å². The number of aromatic amines is 1. The van der Waals surface area contributed by atoms with Crippen molar-refractivity contribution >= 4 is 22.1 Å². The SMILES string of the molecule is Cc1cccc2[nH]c(-c3ccc4c(ncn4CCCC4CCNCC4)c3C)nc12. The summed E-state index contributed by atoms with van der Waals surface area (Å²) in [7, 11) is 0. The number of benzene rings is 2. The Hall–Kier alpha value is -2.66.